The van der Waals surface area contributed by atoms with E-state index < -0.39 is 36.4 Å². The Balaban J connectivity index is 0.000000365. The number of urea groups is 1. The number of carbonyl (C=O) groups is 4. The van der Waals surface area contributed by atoms with Gasteiger partial charge >= 0.3 is 42.5 Å². The smallest absolute Gasteiger partial charge is 0.475 e. The van der Waals surface area contributed by atoms with Gasteiger partial charge in [-0.3, -0.25) is 4.98 Å². The Kier molecular flexibility index (Phi) is 15.9. The number of aryl methyl sites for hydroxylation is 2. The predicted octanol–water partition coefficient (Wildman–Crippen LogP) is 6.15. The molecule has 2 aliphatic heterocycles. The SMILES string of the molecule is O=C(Nc1ccc2cc1CCc1cncc(c1)Nc1ncc(Cl)c(n1)N2)N1CCN(c2ncccn2)CC1.O=C(O)C(F)(F)F.O=C(O)C(F)(F)F.O=C(O)C(F)(F)F. The average Bonchev–Trinajstić information content (AvgIpc) is 3.16. The number of nitrogens with one attached hydrogen (secondary N) is 3. The van der Waals surface area contributed by atoms with Crippen LogP contribution in [0.2, 0.25) is 5.02 Å². The van der Waals surface area contributed by atoms with Gasteiger partial charge in [-0.25, -0.2) is 34.1 Å². The zero-order valence-corrected chi connectivity index (χ0v) is 30.2. The van der Waals surface area contributed by atoms with Crippen LogP contribution in [0.4, 0.5) is 79.1 Å². The third-order valence-electron chi connectivity index (χ3n) is 7.22. The molecule has 0 unspecified atom stereocenters. The van der Waals surface area contributed by atoms with Gasteiger partial charge in [0.25, 0.3) is 0 Å². The molecule has 17 nitrogen and oxygen atoms in total. The zero-order valence-electron chi connectivity index (χ0n) is 29.4. The van der Waals surface area contributed by atoms with Crippen molar-refractivity contribution in [1.29, 1.82) is 0 Å². The number of aliphatic carboxylic acids is 3. The second kappa shape index (κ2) is 20.1. The highest BCUT2D eigenvalue weighted by atomic mass is 35.5. The zero-order chi connectivity index (χ0) is 44.1. The summed E-state index contributed by atoms with van der Waals surface area (Å²) in [5, 5.41) is 31.4. The number of benzene rings is 1. The lowest BCUT2D eigenvalue weighted by Crippen LogP contribution is -2.50. The van der Waals surface area contributed by atoms with Crippen LogP contribution in [0, 0.1) is 0 Å². The standard InChI is InChI=1S/C26H25ClN10O.3C2HF3O2/c27-21-16-31-24-33-20-12-17(14-28-15-20)2-3-18-13-19(32-23(21)35-24)4-5-22(18)34-26(38)37-10-8-36(9-11-37)25-29-6-1-7-30-25;3*3-2(4,5)1(6)7/h1,4-7,12-16H,2-3,8-11H2,(H,34,38)(H2,31,32,33,35);3*(H,6,7). The first-order valence-electron chi connectivity index (χ1n) is 16.1. The molecule has 0 radical (unpaired) electrons. The Bertz CT molecular complexity index is 2030. The van der Waals surface area contributed by atoms with Crippen molar-refractivity contribution in [2.45, 2.75) is 31.4 Å². The molecule has 0 aliphatic carbocycles. The Morgan fingerprint density at radius 3 is 1.81 bits per heavy atom. The van der Waals surface area contributed by atoms with Crippen molar-refractivity contribution in [2.24, 2.45) is 0 Å². The number of halogens is 10. The molecule has 59 heavy (non-hydrogen) atoms. The fourth-order valence-corrected chi connectivity index (χ4v) is 4.65. The monoisotopic (exact) mass is 870 g/mol. The number of amides is 2. The maximum Gasteiger partial charge on any atom is 0.490 e. The summed E-state index contributed by atoms with van der Waals surface area (Å²) in [5.41, 5.74) is 4.40. The van der Waals surface area contributed by atoms with E-state index in [2.05, 4.69) is 45.8 Å². The van der Waals surface area contributed by atoms with Gasteiger partial charge in [0.15, 0.2) is 5.82 Å². The van der Waals surface area contributed by atoms with E-state index in [-0.39, 0.29) is 6.03 Å². The molecule has 5 heterocycles. The molecule has 4 aromatic rings. The summed E-state index contributed by atoms with van der Waals surface area (Å²) < 4.78 is 95.2. The molecule has 6 bridgehead atoms. The molecule has 27 heteroatoms. The summed E-state index contributed by atoms with van der Waals surface area (Å²) in [6, 6.07) is 9.51. The molecule has 1 fully saturated rings. The minimum absolute atomic E-state index is 0.130. The van der Waals surface area contributed by atoms with Crippen molar-refractivity contribution in [1.82, 2.24) is 29.8 Å². The van der Waals surface area contributed by atoms with Crippen molar-refractivity contribution < 1.29 is 74.0 Å². The van der Waals surface area contributed by atoms with Crippen LogP contribution in [0.3, 0.4) is 0 Å². The van der Waals surface area contributed by atoms with Crippen molar-refractivity contribution >= 4 is 70.3 Å². The lowest BCUT2D eigenvalue weighted by Gasteiger charge is -2.34. The van der Waals surface area contributed by atoms with Crippen LogP contribution in [-0.4, -0.2) is 114 Å². The van der Waals surface area contributed by atoms with E-state index in [1.165, 1.54) is 0 Å². The molecular weight excluding hydrogens is 843 g/mol. The molecule has 2 amide bonds. The third kappa shape index (κ3) is 15.3. The van der Waals surface area contributed by atoms with Gasteiger partial charge in [0.1, 0.15) is 5.02 Å². The highest BCUT2D eigenvalue weighted by Crippen LogP contribution is 2.29. The molecule has 1 aromatic carbocycles. The number of carbonyl (C=O) groups excluding carboxylic acids is 1. The lowest BCUT2D eigenvalue weighted by atomic mass is 10.0. The van der Waals surface area contributed by atoms with E-state index in [9.17, 15) is 44.3 Å². The highest BCUT2D eigenvalue weighted by molar-refractivity contribution is 6.32. The van der Waals surface area contributed by atoms with Gasteiger partial charge in [0, 0.05) is 56.1 Å². The number of anilines is 6. The minimum Gasteiger partial charge on any atom is -0.475 e. The van der Waals surface area contributed by atoms with Gasteiger partial charge < -0.3 is 41.1 Å². The first-order valence-corrected chi connectivity index (χ1v) is 16.4. The second-order valence-electron chi connectivity index (χ2n) is 11.5. The van der Waals surface area contributed by atoms with E-state index in [4.69, 9.17) is 41.3 Å². The first-order chi connectivity index (χ1) is 27.4. The third-order valence-corrected chi connectivity index (χ3v) is 7.49. The fourth-order valence-electron chi connectivity index (χ4n) is 4.51. The Hall–Kier alpha value is -6.73. The number of carboxylic acid groups (broad SMARTS) is 3. The normalized spacial score (nSPS) is 13.5. The van der Waals surface area contributed by atoms with Gasteiger partial charge in [0.2, 0.25) is 11.9 Å². The molecule has 6 N–H and O–H groups in total. The maximum atomic E-state index is 13.2. The van der Waals surface area contributed by atoms with Crippen molar-refractivity contribution in [2.75, 3.05) is 47.0 Å². The van der Waals surface area contributed by atoms with Gasteiger partial charge in [-0.2, -0.15) is 44.5 Å². The predicted molar refractivity (Wildman–Crippen MR) is 188 cm³/mol. The van der Waals surface area contributed by atoms with Crippen LogP contribution in [-0.2, 0) is 27.2 Å². The number of alkyl halides is 9. The van der Waals surface area contributed by atoms with Crippen LogP contribution in [0.1, 0.15) is 11.1 Å². The summed E-state index contributed by atoms with van der Waals surface area (Å²) in [4.78, 5) is 65.6. The fraction of sp³-hybridized carbons (Fsp3) is 0.281. The molecule has 2 aliphatic rings. The van der Waals surface area contributed by atoms with Crippen LogP contribution in [0.15, 0.2) is 61.3 Å². The van der Waals surface area contributed by atoms with Crippen LogP contribution in [0.5, 0.6) is 0 Å². The van der Waals surface area contributed by atoms with E-state index in [0.717, 1.165) is 34.6 Å². The topological polar surface area (TPSA) is 236 Å². The van der Waals surface area contributed by atoms with Gasteiger partial charge in [-0.15, -0.1) is 0 Å². The number of carboxylic acids is 3. The molecule has 3 aromatic heterocycles. The van der Waals surface area contributed by atoms with Crippen molar-refractivity contribution in [3.05, 3.63) is 77.5 Å². The van der Waals surface area contributed by atoms with Gasteiger partial charge in [0.05, 0.1) is 18.1 Å². The van der Waals surface area contributed by atoms with Crippen LogP contribution in [0.25, 0.3) is 0 Å². The van der Waals surface area contributed by atoms with Crippen LogP contribution >= 0.6 is 11.6 Å². The molecule has 0 spiro atoms. The summed E-state index contributed by atoms with van der Waals surface area (Å²) in [6.45, 7) is 2.51. The Morgan fingerprint density at radius 2 is 1.27 bits per heavy atom. The summed E-state index contributed by atoms with van der Waals surface area (Å²) >= 11 is 6.37. The molecule has 6 rings (SSSR count). The molecule has 1 saturated heterocycles. The Morgan fingerprint density at radius 1 is 0.712 bits per heavy atom. The number of hydrogen-bond donors (Lipinski definition) is 6. The highest BCUT2D eigenvalue weighted by Gasteiger charge is 2.39. The number of piperazine rings is 1. The number of pyridine rings is 1. The summed E-state index contributed by atoms with van der Waals surface area (Å²) in [5.74, 6) is -6.69. The lowest BCUT2D eigenvalue weighted by molar-refractivity contribution is -0.193. The van der Waals surface area contributed by atoms with Crippen LogP contribution < -0.4 is 20.9 Å². The van der Waals surface area contributed by atoms with Crippen molar-refractivity contribution in [3.63, 3.8) is 0 Å². The molecule has 0 saturated carbocycles. The summed E-state index contributed by atoms with van der Waals surface area (Å²) in [7, 11) is 0. The van der Waals surface area contributed by atoms with Gasteiger partial charge in [-0.1, -0.05) is 11.6 Å². The quantitative estimate of drug-likeness (QED) is 0.124. The number of fused-ring (bicyclic) bond motifs is 6. The maximum absolute atomic E-state index is 13.2. The first kappa shape index (κ1) is 46.7. The summed E-state index contributed by atoms with van der Waals surface area (Å²) in [6.07, 6.45) is -5.23. The van der Waals surface area contributed by atoms with E-state index in [1.807, 2.05) is 35.4 Å². The second-order valence-corrected chi connectivity index (χ2v) is 11.9. The van der Waals surface area contributed by atoms with E-state index in [1.54, 1.807) is 30.9 Å². The molecule has 318 valence electrons. The molecule has 0 atom stereocenters. The van der Waals surface area contributed by atoms with E-state index >= 15 is 0 Å². The van der Waals surface area contributed by atoms with E-state index in [0.29, 0.717) is 55.3 Å². The Labute approximate surface area is 329 Å². The minimum atomic E-state index is -5.08. The average molecular weight is 871 g/mol. The van der Waals surface area contributed by atoms with Gasteiger partial charge in [-0.05, 0) is 54.3 Å². The number of nitrogens with zero attached hydrogens (tertiary/aromatic N) is 7. The number of aromatic nitrogens is 5. The number of hydrogen-bond acceptors (Lipinski definition) is 12. The largest absolute Gasteiger partial charge is 0.490 e. The van der Waals surface area contributed by atoms with Crippen molar-refractivity contribution in [3.8, 4) is 0 Å². The number of rotatable bonds is 2. The molecular formula is C32H28ClF9N10O7.